The van der Waals surface area contributed by atoms with Gasteiger partial charge in [0.2, 0.25) is 0 Å². The van der Waals surface area contributed by atoms with E-state index in [0.29, 0.717) is 5.82 Å². The molecule has 1 aromatic heterocycles. The van der Waals surface area contributed by atoms with E-state index < -0.39 is 0 Å². The van der Waals surface area contributed by atoms with E-state index >= 15 is 0 Å². The van der Waals surface area contributed by atoms with Crippen molar-refractivity contribution in [2.45, 2.75) is 31.4 Å². The highest BCUT2D eigenvalue weighted by molar-refractivity contribution is 7.98. The first-order valence-electron chi connectivity index (χ1n) is 5.49. The number of aromatic nitrogens is 2. The number of hydrogen-bond donors (Lipinski definition) is 1. The second-order valence-corrected chi connectivity index (χ2v) is 5.13. The van der Waals surface area contributed by atoms with Gasteiger partial charge < -0.3 is 5.73 Å². The molecule has 2 N–H and O–H groups in total. The zero-order chi connectivity index (χ0) is 10.5. The van der Waals surface area contributed by atoms with Crippen LogP contribution in [-0.4, -0.2) is 15.7 Å². The van der Waals surface area contributed by atoms with Crippen LogP contribution in [0.5, 0.6) is 0 Å². The monoisotopic (exact) mass is 223 g/mol. The number of hydrogen-bond acceptors (Lipinski definition) is 4. The summed E-state index contributed by atoms with van der Waals surface area (Å²) < 4.78 is 0. The maximum absolute atomic E-state index is 5.47. The van der Waals surface area contributed by atoms with Crippen LogP contribution in [0.2, 0.25) is 0 Å². The number of nitrogens with zero attached hydrogens (tertiary/aromatic N) is 2. The third-order valence-electron chi connectivity index (χ3n) is 2.80. The largest absolute Gasteiger partial charge is 0.382 e. The smallest absolute Gasteiger partial charge is 0.141 e. The lowest BCUT2D eigenvalue weighted by Gasteiger charge is -2.07. The first-order valence-corrected chi connectivity index (χ1v) is 6.64. The van der Waals surface area contributed by atoms with Crippen molar-refractivity contribution >= 4 is 17.6 Å². The van der Waals surface area contributed by atoms with E-state index in [2.05, 4.69) is 9.97 Å². The van der Waals surface area contributed by atoms with Gasteiger partial charge in [-0.1, -0.05) is 12.8 Å². The van der Waals surface area contributed by atoms with Gasteiger partial charge in [0.25, 0.3) is 0 Å². The maximum Gasteiger partial charge on any atom is 0.141 e. The number of nitrogens with two attached hydrogens (primary N) is 1. The number of rotatable bonds is 4. The van der Waals surface area contributed by atoms with Gasteiger partial charge in [-0.2, -0.15) is 11.8 Å². The van der Waals surface area contributed by atoms with Crippen molar-refractivity contribution in [2.24, 2.45) is 5.92 Å². The molecule has 3 nitrogen and oxygen atoms in total. The Bertz CT molecular complexity index is 293. The molecule has 1 heterocycles. The second-order valence-electron chi connectivity index (χ2n) is 4.10. The molecule has 1 aliphatic carbocycles. The fourth-order valence-corrected chi connectivity index (χ4v) is 3.09. The summed E-state index contributed by atoms with van der Waals surface area (Å²) in [6, 6.07) is 0. The SMILES string of the molecule is Nc1cnc(CSCC2CCCC2)cn1. The molecular weight excluding hydrogens is 206 g/mol. The summed E-state index contributed by atoms with van der Waals surface area (Å²) >= 11 is 1.97. The summed E-state index contributed by atoms with van der Waals surface area (Å²) in [6.07, 6.45) is 9.09. The molecule has 1 aromatic rings. The minimum Gasteiger partial charge on any atom is -0.382 e. The molecule has 4 heteroatoms. The predicted octanol–water partition coefficient (Wildman–Crippen LogP) is 2.48. The van der Waals surface area contributed by atoms with E-state index in [-0.39, 0.29) is 0 Å². The van der Waals surface area contributed by atoms with Gasteiger partial charge in [-0.15, -0.1) is 0 Å². The minimum atomic E-state index is 0.500. The Morgan fingerprint density at radius 3 is 2.73 bits per heavy atom. The van der Waals surface area contributed by atoms with Crippen LogP contribution < -0.4 is 5.73 Å². The van der Waals surface area contributed by atoms with Crippen molar-refractivity contribution in [1.29, 1.82) is 0 Å². The summed E-state index contributed by atoms with van der Waals surface area (Å²) in [5, 5.41) is 0. The Kier molecular flexibility index (Phi) is 3.83. The van der Waals surface area contributed by atoms with Crippen LogP contribution in [0.4, 0.5) is 5.82 Å². The standard InChI is InChI=1S/C11H17N3S/c12-11-6-13-10(5-14-11)8-15-7-9-3-1-2-4-9/h5-6,9H,1-4,7-8H2,(H2,12,14). The molecule has 0 bridgehead atoms. The van der Waals surface area contributed by atoms with Gasteiger partial charge in [-0.3, -0.25) is 4.98 Å². The number of nitrogen functional groups attached to an aromatic ring is 1. The highest BCUT2D eigenvalue weighted by Crippen LogP contribution is 2.28. The Labute approximate surface area is 94.9 Å². The first kappa shape index (κ1) is 10.7. The van der Waals surface area contributed by atoms with E-state index in [1.54, 1.807) is 12.4 Å². The van der Waals surface area contributed by atoms with Crippen molar-refractivity contribution in [3.63, 3.8) is 0 Å². The molecule has 0 spiro atoms. The predicted molar refractivity (Wildman–Crippen MR) is 64.6 cm³/mol. The van der Waals surface area contributed by atoms with Gasteiger partial charge in [-0.05, 0) is 24.5 Å². The molecule has 0 saturated heterocycles. The van der Waals surface area contributed by atoms with E-state index in [1.807, 2.05) is 11.8 Å². The topological polar surface area (TPSA) is 51.8 Å². The van der Waals surface area contributed by atoms with Crippen LogP contribution >= 0.6 is 11.8 Å². The average molecular weight is 223 g/mol. The van der Waals surface area contributed by atoms with Gasteiger partial charge in [0, 0.05) is 5.75 Å². The van der Waals surface area contributed by atoms with Crippen LogP contribution in [0.15, 0.2) is 12.4 Å². The Balaban J connectivity index is 1.71. The van der Waals surface area contributed by atoms with Crippen LogP contribution in [0, 0.1) is 5.92 Å². The zero-order valence-corrected chi connectivity index (χ0v) is 9.67. The Morgan fingerprint density at radius 2 is 2.07 bits per heavy atom. The lowest BCUT2D eigenvalue weighted by molar-refractivity contribution is 0.623. The highest BCUT2D eigenvalue weighted by Gasteiger charge is 2.14. The molecule has 82 valence electrons. The minimum absolute atomic E-state index is 0.500. The maximum atomic E-state index is 5.47. The summed E-state index contributed by atoms with van der Waals surface area (Å²) in [4.78, 5) is 8.27. The number of anilines is 1. The average Bonchev–Trinajstić information content (AvgIpc) is 2.74. The fourth-order valence-electron chi connectivity index (χ4n) is 1.95. The molecule has 1 aliphatic rings. The van der Waals surface area contributed by atoms with Crippen molar-refractivity contribution in [3.8, 4) is 0 Å². The highest BCUT2D eigenvalue weighted by atomic mass is 32.2. The summed E-state index contributed by atoms with van der Waals surface area (Å²) in [6.45, 7) is 0. The molecule has 1 fully saturated rings. The summed E-state index contributed by atoms with van der Waals surface area (Å²) in [5.74, 6) is 3.67. The Hall–Kier alpha value is -0.770. The van der Waals surface area contributed by atoms with Crippen molar-refractivity contribution in [1.82, 2.24) is 9.97 Å². The first-order chi connectivity index (χ1) is 7.34. The van der Waals surface area contributed by atoms with E-state index in [0.717, 1.165) is 17.4 Å². The fraction of sp³-hybridized carbons (Fsp3) is 0.636. The van der Waals surface area contributed by atoms with Gasteiger partial charge >= 0.3 is 0 Å². The zero-order valence-electron chi connectivity index (χ0n) is 8.85. The normalized spacial score (nSPS) is 17.1. The van der Waals surface area contributed by atoms with Gasteiger partial charge in [0.1, 0.15) is 5.82 Å². The molecule has 0 atom stereocenters. The lowest BCUT2D eigenvalue weighted by atomic mass is 10.1. The molecule has 0 amide bonds. The van der Waals surface area contributed by atoms with Crippen molar-refractivity contribution in [2.75, 3.05) is 11.5 Å². The van der Waals surface area contributed by atoms with Crippen LogP contribution in [-0.2, 0) is 5.75 Å². The quantitative estimate of drug-likeness (QED) is 0.852. The molecule has 1 saturated carbocycles. The summed E-state index contributed by atoms with van der Waals surface area (Å²) in [5.41, 5.74) is 6.51. The molecule has 0 radical (unpaired) electrons. The van der Waals surface area contributed by atoms with E-state index in [4.69, 9.17) is 5.73 Å². The van der Waals surface area contributed by atoms with E-state index in [9.17, 15) is 0 Å². The Morgan fingerprint density at radius 1 is 1.27 bits per heavy atom. The molecule has 0 aromatic carbocycles. The molecular formula is C11H17N3S. The van der Waals surface area contributed by atoms with Crippen LogP contribution in [0.3, 0.4) is 0 Å². The molecule has 2 rings (SSSR count). The third-order valence-corrected chi connectivity index (χ3v) is 4.01. The summed E-state index contributed by atoms with van der Waals surface area (Å²) in [7, 11) is 0. The van der Waals surface area contributed by atoms with Crippen LogP contribution in [0.25, 0.3) is 0 Å². The van der Waals surface area contributed by atoms with Crippen molar-refractivity contribution in [3.05, 3.63) is 18.1 Å². The molecule has 15 heavy (non-hydrogen) atoms. The van der Waals surface area contributed by atoms with Gasteiger partial charge in [-0.25, -0.2) is 4.98 Å². The third kappa shape index (κ3) is 3.38. The van der Waals surface area contributed by atoms with Gasteiger partial charge in [0.15, 0.2) is 0 Å². The van der Waals surface area contributed by atoms with E-state index in [1.165, 1.54) is 31.4 Å². The lowest BCUT2D eigenvalue weighted by Crippen LogP contribution is -1.99. The molecule has 0 unspecified atom stereocenters. The van der Waals surface area contributed by atoms with Crippen LogP contribution in [0.1, 0.15) is 31.4 Å². The molecule has 0 aliphatic heterocycles. The number of thioether (sulfide) groups is 1. The van der Waals surface area contributed by atoms with Crippen molar-refractivity contribution < 1.29 is 0 Å². The second kappa shape index (κ2) is 5.35. The van der Waals surface area contributed by atoms with Gasteiger partial charge in [0.05, 0.1) is 18.1 Å².